The van der Waals surface area contributed by atoms with Gasteiger partial charge in [0.15, 0.2) is 17.6 Å². The Kier molecular flexibility index (Phi) is 6.55. The molecule has 0 spiro atoms. The summed E-state index contributed by atoms with van der Waals surface area (Å²) in [6.45, 7) is 4.14. The number of ether oxygens (including phenoxy) is 4. The van der Waals surface area contributed by atoms with Crippen LogP contribution in [0.25, 0.3) is 0 Å². The van der Waals surface area contributed by atoms with Crippen molar-refractivity contribution in [3.63, 3.8) is 0 Å². The highest BCUT2D eigenvalue weighted by atomic mass is 35.5. The molecule has 220 valence electrons. The third-order valence-corrected chi connectivity index (χ3v) is 10.5. The Morgan fingerprint density at radius 3 is 2.90 bits per heavy atom. The maximum atomic E-state index is 14.8. The third-order valence-electron chi connectivity index (χ3n) is 9.11. The molecular formula is C30H30ClFN4O5S. The standard InChI is InChI=1S/C30H30ClFN4O5S/c1-38-30(37)25-12-20-29(42-25)33-26-14-35-9-8-34(13-21(35)27(36(20)26)22-7-10-39-22)19-3-2-4-23-28(19)41-24(15-40-23)17-6-5-16(31)11-18(17)32/h2-6,11-12,20-22,24,27,29H,7-10,13-15H2,1H3/t20?,21-,22+,24?,27?,29?/m1/s1. The lowest BCUT2D eigenvalue weighted by atomic mass is 9.88. The van der Waals surface area contributed by atoms with Gasteiger partial charge in [-0.3, -0.25) is 9.89 Å². The van der Waals surface area contributed by atoms with Gasteiger partial charge < -0.3 is 28.7 Å². The molecule has 6 aliphatic heterocycles. The molecule has 6 heterocycles. The lowest BCUT2D eigenvalue weighted by molar-refractivity contribution is -0.135. The summed E-state index contributed by atoms with van der Waals surface area (Å²) in [7, 11) is 1.41. The van der Waals surface area contributed by atoms with Gasteiger partial charge in [0.1, 0.15) is 23.6 Å². The first-order valence-corrected chi connectivity index (χ1v) is 15.5. The number of nitrogens with zero attached hydrogens (tertiary/aromatic N) is 4. The Bertz CT molecular complexity index is 1500. The van der Waals surface area contributed by atoms with Gasteiger partial charge in [0, 0.05) is 36.8 Å². The monoisotopic (exact) mass is 612 g/mol. The maximum absolute atomic E-state index is 14.8. The summed E-state index contributed by atoms with van der Waals surface area (Å²) in [6, 6.07) is 10.8. The number of aliphatic imine (C=N–C) groups is 1. The molecule has 2 aromatic carbocycles. The number of esters is 1. The Balaban J connectivity index is 1.09. The number of thioether (sulfide) groups is 1. The minimum Gasteiger partial charge on any atom is -0.485 e. The number of fused-ring (bicyclic) bond motifs is 5. The van der Waals surface area contributed by atoms with Crippen LogP contribution < -0.4 is 14.4 Å². The zero-order chi connectivity index (χ0) is 28.5. The molecule has 6 atom stereocenters. The molecule has 0 radical (unpaired) electrons. The number of amidine groups is 1. The van der Waals surface area contributed by atoms with Crippen molar-refractivity contribution >= 4 is 40.9 Å². The smallest absolute Gasteiger partial charge is 0.344 e. The summed E-state index contributed by atoms with van der Waals surface area (Å²) in [4.78, 5) is 25.3. The Morgan fingerprint density at radius 1 is 1.24 bits per heavy atom. The van der Waals surface area contributed by atoms with Crippen LogP contribution in [0.2, 0.25) is 5.02 Å². The van der Waals surface area contributed by atoms with E-state index in [1.807, 2.05) is 24.3 Å². The first kappa shape index (κ1) is 26.6. The van der Waals surface area contributed by atoms with Gasteiger partial charge in [-0.1, -0.05) is 35.5 Å². The van der Waals surface area contributed by atoms with Gasteiger partial charge in [0.25, 0.3) is 0 Å². The van der Waals surface area contributed by atoms with Crippen molar-refractivity contribution in [2.75, 3.05) is 51.4 Å². The predicted molar refractivity (Wildman–Crippen MR) is 157 cm³/mol. The highest BCUT2D eigenvalue weighted by molar-refractivity contribution is 8.04. The zero-order valence-corrected chi connectivity index (χ0v) is 24.5. The van der Waals surface area contributed by atoms with Crippen molar-refractivity contribution in [3.8, 4) is 11.5 Å². The van der Waals surface area contributed by atoms with Gasteiger partial charge in [-0.05, 0) is 36.8 Å². The lowest BCUT2D eigenvalue weighted by Gasteiger charge is -2.56. The van der Waals surface area contributed by atoms with E-state index in [-0.39, 0.29) is 42.2 Å². The summed E-state index contributed by atoms with van der Waals surface area (Å²) >= 11 is 7.48. The van der Waals surface area contributed by atoms with Gasteiger partial charge >= 0.3 is 5.97 Å². The average molecular weight is 613 g/mol. The normalized spacial score (nSPS) is 31.4. The van der Waals surface area contributed by atoms with Crippen LogP contribution in [0, 0.1) is 5.82 Å². The van der Waals surface area contributed by atoms with E-state index in [0.717, 1.165) is 50.7 Å². The number of hydrogen-bond donors (Lipinski definition) is 0. The van der Waals surface area contributed by atoms with Crippen LogP contribution in [-0.2, 0) is 14.3 Å². The molecule has 0 saturated carbocycles. The van der Waals surface area contributed by atoms with E-state index < -0.39 is 11.9 Å². The number of piperazine rings is 2. The van der Waals surface area contributed by atoms with Crippen LogP contribution in [0.5, 0.6) is 11.5 Å². The predicted octanol–water partition coefficient (Wildman–Crippen LogP) is 3.87. The van der Waals surface area contributed by atoms with Crippen LogP contribution in [-0.4, -0.2) is 97.7 Å². The molecule has 0 bridgehead atoms. The number of benzene rings is 2. The van der Waals surface area contributed by atoms with E-state index in [9.17, 15) is 9.18 Å². The number of rotatable bonds is 4. The van der Waals surface area contributed by atoms with E-state index in [1.54, 1.807) is 12.1 Å². The van der Waals surface area contributed by atoms with Crippen molar-refractivity contribution in [2.24, 2.45) is 4.99 Å². The summed E-state index contributed by atoms with van der Waals surface area (Å²) in [5.41, 5.74) is 1.35. The summed E-state index contributed by atoms with van der Waals surface area (Å²) in [5, 5.41) is 0.293. The zero-order valence-electron chi connectivity index (χ0n) is 22.9. The van der Waals surface area contributed by atoms with Gasteiger partial charge in [-0.15, -0.1) is 0 Å². The van der Waals surface area contributed by atoms with Gasteiger partial charge in [-0.2, -0.15) is 0 Å². The molecule has 9 nitrogen and oxygen atoms in total. The van der Waals surface area contributed by atoms with Crippen LogP contribution >= 0.6 is 23.4 Å². The molecule has 0 N–H and O–H groups in total. The second kappa shape index (κ2) is 10.3. The summed E-state index contributed by atoms with van der Waals surface area (Å²) in [5.74, 6) is 1.64. The molecule has 42 heavy (non-hydrogen) atoms. The topological polar surface area (TPSA) is 76.1 Å². The second-order valence-electron chi connectivity index (χ2n) is 11.3. The molecule has 3 fully saturated rings. The van der Waals surface area contributed by atoms with Crippen LogP contribution in [0.4, 0.5) is 10.1 Å². The van der Waals surface area contributed by atoms with Crippen LogP contribution in [0.1, 0.15) is 18.1 Å². The molecule has 0 aliphatic carbocycles. The van der Waals surface area contributed by atoms with E-state index in [2.05, 4.69) is 14.7 Å². The molecule has 3 saturated heterocycles. The van der Waals surface area contributed by atoms with Crippen molar-refractivity contribution in [1.82, 2.24) is 9.80 Å². The van der Waals surface area contributed by atoms with E-state index >= 15 is 0 Å². The molecule has 8 rings (SSSR count). The van der Waals surface area contributed by atoms with E-state index in [4.69, 9.17) is 35.5 Å². The van der Waals surface area contributed by atoms with Crippen molar-refractivity contribution in [2.45, 2.75) is 42.1 Å². The first-order valence-electron chi connectivity index (χ1n) is 14.3. The molecule has 12 heteroatoms. The Hall–Kier alpha value is -2.99. The summed E-state index contributed by atoms with van der Waals surface area (Å²) < 4.78 is 38.5. The van der Waals surface area contributed by atoms with E-state index in [1.165, 1.54) is 24.9 Å². The van der Waals surface area contributed by atoms with Crippen molar-refractivity contribution in [3.05, 3.63) is 63.8 Å². The molecule has 2 aromatic rings. The fourth-order valence-electron chi connectivity index (χ4n) is 7.04. The molecule has 6 aliphatic rings. The van der Waals surface area contributed by atoms with Crippen LogP contribution in [0.15, 0.2) is 52.4 Å². The third kappa shape index (κ3) is 4.27. The quantitative estimate of drug-likeness (QED) is 0.479. The van der Waals surface area contributed by atoms with Crippen molar-refractivity contribution < 1.29 is 28.1 Å². The molecule has 4 unspecified atom stereocenters. The number of carbonyl (C=O) groups excluding carboxylic acids is 1. The first-order chi connectivity index (χ1) is 20.5. The maximum Gasteiger partial charge on any atom is 0.344 e. The highest BCUT2D eigenvalue weighted by Crippen LogP contribution is 2.47. The summed E-state index contributed by atoms with van der Waals surface area (Å²) in [6.07, 6.45) is 2.51. The molecule has 0 aromatic heterocycles. The number of para-hydroxylation sites is 1. The number of halogens is 2. The SMILES string of the molecule is COC(=O)C1=CC2C(N=C3CN4CCN(c5cccc6c5OC(c5ccc(Cl)cc5F)CO6)C[C@@H]4C([C@@H]4CCO4)N32)S1. The fourth-order valence-corrected chi connectivity index (χ4v) is 8.38. The highest BCUT2D eigenvalue weighted by Gasteiger charge is 2.54. The number of hydrogen-bond acceptors (Lipinski definition) is 10. The van der Waals surface area contributed by atoms with Crippen molar-refractivity contribution in [1.29, 1.82) is 0 Å². The lowest BCUT2D eigenvalue weighted by Crippen LogP contribution is -2.72. The molecule has 0 amide bonds. The largest absolute Gasteiger partial charge is 0.485 e. The van der Waals surface area contributed by atoms with Gasteiger partial charge in [0.05, 0.1) is 48.5 Å². The number of anilines is 1. The van der Waals surface area contributed by atoms with Gasteiger partial charge in [0.2, 0.25) is 0 Å². The second-order valence-corrected chi connectivity index (χ2v) is 12.9. The fraction of sp³-hybridized carbons (Fsp3) is 0.467. The average Bonchev–Trinajstić information content (AvgIpc) is 3.53. The number of carbonyl (C=O) groups is 1. The minimum atomic E-state index is -0.584. The Labute approximate surface area is 252 Å². The molecular weight excluding hydrogens is 583 g/mol. The Morgan fingerprint density at radius 2 is 2.12 bits per heavy atom. The minimum absolute atomic E-state index is 0.00192. The van der Waals surface area contributed by atoms with Crippen LogP contribution in [0.3, 0.4) is 0 Å². The van der Waals surface area contributed by atoms with E-state index in [0.29, 0.717) is 27.0 Å². The van der Waals surface area contributed by atoms with Gasteiger partial charge in [-0.25, -0.2) is 9.18 Å². The number of methoxy groups -OCH3 is 1.